The van der Waals surface area contributed by atoms with Crippen LogP contribution in [0.2, 0.25) is 0 Å². The highest BCUT2D eigenvalue weighted by atomic mass is 16.6. The number of carboxylic acid groups (broad SMARTS) is 1. The number of nitrogens with one attached hydrogen (secondary N) is 1. The van der Waals surface area contributed by atoms with Crippen molar-refractivity contribution < 1.29 is 19.6 Å². The molecule has 2 N–H and O–H groups in total. The number of rotatable bonds is 4. The number of hydrogen-bond donors (Lipinski definition) is 2. The van der Waals surface area contributed by atoms with Crippen molar-refractivity contribution in [2.24, 2.45) is 0 Å². The Morgan fingerprint density at radius 2 is 2.06 bits per heavy atom. The third-order valence-corrected chi connectivity index (χ3v) is 1.70. The number of carbonyl (C=O) groups is 2. The van der Waals surface area contributed by atoms with E-state index in [1.54, 1.807) is 0 Å². The molecule has 0 heterocycles. The van der Waals surface area contributed by atoms with Gasteiger partial charge in [-0.05, 0) is 6.07 Å². The monoisotopic (exact) mass is 236 g/mol. The van der Waals surface area contributed by atoms with Gasteiger partial charge >= 0.3 is 5.97 Å². The molecule has 1 rings (SSSR count). The number of nitro benzene ring substituents is 1. The molecule has 0 saturated heterocycles. The van der Waals surface area contributed by atoms with E-state index in [0.29, 0.717) is 6.08 Å². The molecule has 0 spiro atoms. The Bertz CT molecular complexity index is 495. The van der Waals surface area contributed by atoms with Crippen LogP contribution in [0.1, 0.15) is 0 Å². The summed E-state index contributed by atoms with van der Waals surface area (Å²) >= 11 is 0. The first-order chi connectivity index (χ1) is 7.99. The maximum Gasteiger partial charge on any atom is 0.328 e. The average Bonchev–Trinajstić information content (AvgIpc) is 2.26. The molecule has 0 unspecified atom stereocenters. The summed E-state index contributed by atoms with van der Waals surface area (Å²) in [6.45, 7) is 0. The zero-order valence-electron chi connectivity index (χ0n) is 8.49. The normalized spacial score (nSPS) is 10.1. The summed E-state index contributed by atoms with van der Waals surface area (Å²) < 4.78 is 0. The third kappa shape index (κ3) is 4.12. The van der Waals surface area contributed by atoms with Crippen molar-refractivity contribution in [3.05, 3.63) is 46.5 Å². The molecule has 0 aliphatic rings. The van der Waals surface area contributed by atoms with Crippen molar-refractivity contribution in [1.82, 2.24) is 0 Å². The lowest BCUT2D eigenvalue weighted by atomic mass is 10.3. The summed E-state index contributed by atoms with van der Waals surface area (Å²) in [6, 6.07) is 5.32. The Kier molecular flexibility index (Phi) is 3.93. The van der Waals surface area contributed by atoms with Crippen molar-refractivity contribution in [2.75, 3.05) is 5.32 Å². The maximum atomic E-state index is 11.2. The number of benzene rings is 1. The summed E-state index contributed by atoms with van der Waals surface area (Å²) in [5, 5.41) is 21.0. The quantitative estimate of drug-likeness (QED) is 0.463. The second kappa shape index (κ2) is 5.40. The van der Waals surface area contributed by atoms with E-state index in [9.17, 15) is 19.7 Å². The van der Waals surface area contributed by atoms with E-state index in [0.717, 1.165) is 6.08 Å². The lowest BCUT2D eigenvalue weighted by molar-refractivity contribution is -0.384. The Labute approximate surface area is 95.5 Å². The van der Waals surface area contributed by atoms with Crippen LogP contribution < -0.4 is 5.32 Å². The first kappa shape index (κ1) is 12.4. The molecule has 88 valence electrons. The maximum absolute atomic E-state index is 11.2. The minimum atomic E-state index is -1.25. The lowest BCUT2D eigenvalue weighted by Gasteiger charge is -2.00. The summed E-state index contributed by atoms with van der Waals surface area (Å²) in [6.07, 6.45) is 1.49. The minimum Gasteiger partial charge on any atom is -0.478 e. The van der Waals surface area contributed by atoms with E-state index in [2.05, 4.69) is 5.32 Å². The van der Waals surface area contributed by atoms with Crippen LogP contribution >= 0.6 is 0 Å². The zero-order chi connectivity index (χ0) is 12.8. The van der Waals surface area contributed by atoms with E-state index in [-0.39, 0.29) is 11.4 Å². The summed E-state index contributed by atoms with van der Waals surface area (Å²) in [7, 11) is 0. The molecule has 0 aromatic heterocycles. The molecule has 1 amide bonds. The van der Waals surface area contributed by atoms with Crippen LogP contribution in [0.4, 0.5) is 11.4 Å². The molecule has 1 aromatic rings. The van der Waals surface area contributed by atoms with Crippen molar-refractivity contribution in [3.63, 3.8) is 0 Å². The van der Waals surface area contributed by atoms with Gasteiger partial charge in [0.2, 0.25) is 5.91 Å². The summed E-state index contributed by atoms with van der Waals surface area (Å²) in [4.78, 5) is 31.2. The number of hydrogen-bond acceptors (Lipinski definition) is 4. The van der Waals surface area contributed by atoms with Crippen LogP contribution in [-0.4, -0.2) is 21.9 Å². The van der Waals surface area contributed by atoms with Gasteiger partial charge < -0.3 is 10.4 Å². The Balaban J connectivity index is 2.75. The van der Waals surface area contributed by atoms with Gasteiger partial charge in [-0.2, -0.15) is 0 Å². The highest BCUT2D eigenvalue weighted by molar-refractivity contribution is 6.02. The molecule has 17 heavy (non-hydrogen) atoms. The first-order valence-corrected chi connectivity index (χ1v) is 4.45. The fourth-order valence-corrected chi connectivity index (χ4v) is 1.03. The number of non-ortho nitro benzene ring substituents is 1. The lowest BCUT2D eigenvalue weighted by Crippen LogP contribution is -2.08. The second-order valence-corrected chi connectivity index (χ2v) is 2.97. The van der Waals surface area contributed by atoms with Gasteiger partial charge in [-0.1, -0.05) is 6.07 Å². The molecule has 0 radical (unpaired) electrons. The molecular formula is C10H8N2O5. The molecule has 0 fully saturated rings. The van der Waals surface area contributed by atoms with Gasteiger partial charge in [0.1, 0.15) is 0 Å². The second-order valence-electron chi connectivity index (χ2n) is 2.97. The number of carboxylic acids is 1. The molecule has 7 nitrogen and oxygen atoms in total. The van der Waals surface area contributed by atoms with Gasteiger partial charge in [-0.15, -0.1) is 0 Å². The SMILES string of the molecule is O=C(O)C=CC(=O)Nc1cccc([N+](=O)[O-])c1. The van der Waals surface area contributed by atoms with Gasteiger partial charge in [0.15, 0.2) is 0 Å². The van der Waals surface area contributed by atoms with Crippen LogP contribution in [0, 0.1) is 10.1 Å². The molecule has 0 atom stereocenters. The third-order valence-electron chi connectivity index (χ3n) is 1.70. The van der Waals surface area contributed by atoms with E-state index >= 15 is 0 Å². The highest BCUT2D eigenvalue weighted by Gasteiger charge is 2.06. The molecule has 0 aliphatic heterocycles. The fourth-order valence-electron chi connectivity index (χ4n) is 1.03. The minimum absolute atomic E-state index is 0.162. The van der Waals surface area contributed by atoms with Gasteiger partial charge in [0, 0.05) is 30.0 Å². The number of aliphatic carboxylic acids is 1. The number of nitro groups is 1. The molecule has 0 bridgehead atoms. The Morgan fingerprint density at radius 1 is 1.35 bits per heavy atom. The van der Waals surface area contributed by atoms with E-state index < -0.39 is 16.8 Å². The number of anilines is 1. The molecule has 7 heteroatoms. The van der Waals surface area contributed by atoms with Crippen LogP contribution in [0.25, 0.3) is 0 Å². The number of nitrogens with zero attached hydrogens (tertiary/aromatic N) is 1. The number of carbonyl (C=O) groups excluding carboxylic acids is 1. The Hall–Kier alpha value is -2.70. The standard InChI is InChI=1S/C10H8N2O5/c13-9(4-5-10(14)15)11-7-2-1-3-8(6-7)12(16)17/h1-6H,(H,11,13)(H,14,15). The van der Waals surface area contributed by atoms with E-state index in [1.165, 1.54) is 24.3 Å². The van der Waals surface area contributed by atoms with Gasteiger partial charge in [-0.3, -0.25) is 14.9 Å². The first-order valence-electron chi connectivity index (χ1n) is 4.45. The smallest absolute Gasteiger partial charge is 0.328 e. The van der Waals surface area contributed by atoms with Gasteiger partial charge in [0.25, 0.3) is 5.69 Å². The van der Waals surface area contributed by atoms with E-state index in [4.69, 9.17) is 5.11 Å². The van der Waals surface area contributed by atoms with E-state index in [1.807, 2.05) is 0 Å². The average molecular weight is 236 g/mol. The highest BCUT2D eigenvalue weighted by Crippen LogP contribution is 2.16. The van der Waals surface area contributed by atoms with Crippen LogP contribution in [-0.2, 0) is 9.59 Å². The Morgan fingerprint density at radius 3 is 2.65 bits per heavy atom. The van der Waals surface area contributed by atoms with Crippen molar-refractivity contribution in [3.8, 4) is 0 Å². The fraction of sp³-hybridized carbons (Fsp3) is 0. The topological polar surface area (TPSA) is 110 Å². The summed E-state index contributed by atoms with van der Waals surface area (Å²) in [5.41, 5.74) is 0.0595. The van der Waals surface area contributed by atoms with Crippen LogP contribution in [0.3, 0.4) is 0 Å². The van der Waals surface area contributed by atoms with Crippen LogP contribution in [0.15, 0.2) is 36.4 Å². The van der Waals surface area contributed by atoms with Crippen molar-refractivity contribution >= 4 is 23.3 Å². The van der Waals surface area contributed by atoms with Crippen molar-refractivity contribution in [2.45, 2.75) is 0 Å². The molecule has 1 aromatic carbocycles. The summed E-state index contributed by atoms with van der Waals surface area (Å²) in [5.74, 6) is -1.92. The molecular weight excluding hydrogens is 228 g/mol. The molecule has 0 aliphatic carbocycles. The van der Waals surface area contributed by atoms with Crippen molar-refractivity contribution in [1.29, 1.82) is 0 Å². The molecule has 0 saturated carbocycles. The predicted octanol–water partition coefficient (Wildman–Crippen LogP) is 1.17. The van der Waals surface area contributed by atoms with Crippen LogP contribution in [0.5, 0.6) is 0 Å². The van der Waals surface area contributed by atoms with Gasteiger partial charge in [-0.25, -0.2) is 4.79 Å². The predicted molar refractivity (Wildman–Crippen MR) is 58.5 cm³/mol. The zero-order valence-corrected chi connectivity index (χ0v) is 8.49. The largest absolute Gasteiger partial charge is 0.478 e. The van der Waals surface area contributed by atoms with Gasteiger partial charge in [0.05, 0.1) is 4.92 Å². The number of amides is 1.